The zero-order valence-corrected chi connectivity index (χ0v) is 9.99. The number of alkyl halides is 3. The first-order valence-electron chi connectivity index (χ1n) is 4.96. The third-order valence-corrected chi connectivity index (χ3v) is 2.99. The SMILES string of the molecule is Cc1c(C(F)(F)F)[nH]n(-c2ccccc2F)c1=S. The van der Waals surface area contributed by atoms with E-state index in [1.807, 2.05) is 0 Å². The van der Waals surface area contributed by atoms with Crippen LogP contribution in [0.5, 0.6) is 0 Å². The first-order chi connectivity index (χ1) is 8.32. The first kappa shape index (κ1) is 12.8. The highest BCUT2D eigenvalue weighted by Crippen LogP contribution is 2.31. The lowest BCUT2D eigenvalue weighted by molar-refractivity contribution is -0.141. The lowest BCUT2D eigenvalue weighted by Crippen LogP contribution is -2.09. The topological polar surface area (TPSA) is 20.7 Å². The molecule has 0 fully saturated rings. The van der Waals surface area contributed by atoms with Crippen molar-refractivity contribution < 1.29 is 17.6 Å². The Balaban J connectivity index is 2.69. The zero-order valence-electron chi connectivity index (χ0n) is 9.18. The molecule has 2 rings (SSSR count). The summed E-state index contributed by atoms with van der Waals surface area (Å²) in [4.78, 5) is 0. The predicted molar refractivity (Wildman–Crippen MR) is 60.7 cm³/mol. The Morgan fingerprint density at radius 1 is 1.22 bits per heavy atom. The van der Waals surface area contributed by atoms with Crippen LogP contribution in [0.25, 0.3) is 5.69 Å². The maximum Gasteiger partial charge on any atom is 0.433 e. The van der Waals surface area contributed by atoms with Crippen LogP contribution in [0, 0.1) is 17.4 Å². The molecule has 1 heterocycles. The van der Waals surface area contributed by atoms with Crippen LogP contribution in [0.2, 0.25) is 0 Å². The molecule has 0 spiro atoms. The van der Waals surface area contributed by atoms with E-state index in [9.17, 15) is 17.6 Å². The van der Waals surface area contributed by atoms with Gasteiger partial charge in [-0.3, -0.25) is 5.10 Å². The summed E-state index contributed by atoms with van der Waals surface area (Å²) < 4.78 is 52.4. The van der Waals surface area contributed by atoms with Crippen LogP contribution in [0.4, 0.5) is 17.6 Å². The van der Waals surface area contributed by atoms with Crippen LogP contribution < -0.4 is 0 Å². The molecule has 0 atom stereocenters. The normalized spacial score (nSPS) is 11.8. The van der Waals surface area contributed by atoms with Crippen molar-refractivity contribution in [3.63, 3.8) is 0 Å². The van der Waals surface area contributed by atoms with Gasteiger partial charge in [0.05, 0.1) is 5.69 Å². The van der Waals surface area contributed by atoms with E-state index < -0.39 is 17.7 Å². The molecule has 0 bridgehead atoms. The molecule has 2 aromatic rings. The van der Waals surface area contributed by atoms with Crippen molar-refractivity contribution in [3.05, 3.63) is 46.0 Å². The predicted octanol–water partition coefficient (Wildman–Crippen LogP) is 4.00. The highest BCUT2D eigenvalue weighted by molar-refractivity contribution is 7.71. The van der Waals surface area contributed by atoms with Gasteiger partial charge in [-0.05, 0) is 19.1 Å². The monoisotopic (exact) mass is 276 g/mol. The Kier molecular flexibility index (Phi) is 3.02. The van der Waals surface area contributed by atoms with Gasteiger partial charge >= 0.3 is 6.18 Å². The molecule has 0 aliphatic carbocycles. The number of hydrogen-bond donors (Lipinski definition) is 1. The molecule has 0 amide bonds. The minimum Gasteiger partial charge on any atom is -0.288 e. The Labute approximate surface area is 105 Å². The minimum atomic E-state index is -4.55. The van der Waals surface area contributed by atoms with Gasteiger partial charge < -0.3 is 0 Å². The molecule has 1 aromatic carbocycles. The van der Waals surface area contributed by atoms with Gasteiger partial charge in [0.25, 0.3) is 0 Å². The Morgan fingerprint density at radius 2 is 1.83 bits per heavy atom. The fraction of sp³-hybridized carbons (Fsp3) is 0.182. The van der Waals surface area contributed by atoms with E-state index in [-0.39, 0.29) is 15.9 Å². The number of para-hydroxylation sites is 1. The molecule has 0 unspecified atom stereocenters. The van der Waals surface area contributed by atoms with Crippen LogP contribution in [0.15, 0.2) is 24.3 Å². The number of rotatable bonds is 1. The quantitative estimate of drug-likeness (QED) is 0.616. The van der Waals surface area contributed by atoms with Crippen molar-refractivity contribution >= 4 is 12.2 Å². The second kappa shape index (κ2) is 4.24. The summed E-state index contributed by atoms with van der Waals surface area (Å²) in [6, 6.07) is 5.47. The van der Waals surface area contributed by atoms with Gasteiger partial charge in [-0.2, -0.15) is 13.2 Å². The molecule has 1 N–H and O–H groups in total. The maximum absolute atomic E-state index is 13.5. The van der Waals surface area contributed by atoms with E-state index in [0.29, 0.717) is 0 Å². The molecule has 0 radical (unpaired) electrons. The molecule has 1 aromatic heterocycles. The van der Waals surface area contributed by atoms with Crippen molar-refractivity contribution in [2.24, 2.45) is 0 Å². The number of aromatic nitrogens is 2. The van der Waals surface area contributed by atoms with E-state index in [1.54, 1.807) is 0 Å². The van der Waals surface area contributed by atoms with Crippen molar-refractivity contribution in [3.8, 4) is 5.69 Å². The summed E-state index contributed by atoms with van der Waals surface area (Å²) >= 11 is 4.89. The van der Waals surface area contributed by atoms with E-state index in [1.165, 1.54) is 25.1 Å². The zero-order chi connectivity index (χ0) is 13.5. The standard InChI is InChI=1S/C11H8F4N2S/c1-6-9(11(13,14)15)16-17(10(6)18)8-5-3-2-4-7(8)12/h2-5,16H,1H3. The number of nitrogens with zero attached hydrogens (tertiary/aromatic N) is 1. The van der Waals surface area contributed by atoms with Crippen LogP contribution in [0.3, 0.4) is 0 Å². The highest BCUT2D eigenvalue weighted by Gasteiger charge is 2.35. The second-order valence-electron chi connectivity index (χ2n) is 3.70. The van der Waals surface area contributed by atoms with Gasteiger partial charge in [0.1, 0.15) is 16.2 Å². The lowest BCUT2D eigenvalue weighted by Gasteiger charge is -2.05. The molecule has 7 heteroatoms. The largest absolute Gasteiger partial charge is 0.433 e. The van der Waals surface area contributed by atoms with Crippen molar-refractivity contribution in [1.82, 2.24) is 9.78 Å². The van der Waals surface area contributed by atoms with Gasteiger partial charge in [0.15, 0.2) is 0 Å². The number of benzene rings is 1. The fourth-order valence-corrected chi connectivity index (χ4v) is 1.85. The molecule has 96 valence electrons. The minimum absolute atomic E-state index is 0.0406. The number of H-pyrrole nitrogens is 1. The van der Waals surface area contributed by atoms with Crippen LogP contribution in [-0.2, 0) is 6.18 Å². The van der Waals surface area contributed by atoms with Gasteiger partial charge in [-0.25, -0.2) is 9.07 Å². The first-order valence-corrected chi connectivity index (χ1v) is 5.37. The van der Waals surface area contributed by atoms with Crippen LogP contribution >= 0.6 is 12.2 Å². The van der Waals surface area contributed by atoms with Crippen LogP contribution in [0.1, 0.15) is 11.3 Å². The molecule has 0 saturated carbocycles. The van der Waals surface area contributed by atoms with Crippen molar-refractivity contribution in [2.75, 3.05) is 0 Å². The second-order valence-corrected chi connectivity index (χ2v) is 4.09. The number of hydrogen-bond acceptors (Lipinski definition) is 1. The fourth-order valence-electron chi connectivity index (χ4n) is 1.60. The lowest BCUT2D eigenvalue weighted by atomic mass is 10.3. The van der Waals surface area contributed by atoms with Crippen molar-refractivity contribution in [2.45, 2.75) is 13.1 Å². The molecular formula is C11H8F4N2S. The van der Waals surface area contributed by atoms with E-state index in [2.05, 4.69) is 5.10 Å². The third-order valence-electron chi connectivity index (χ3n) is 2.50. The average Bonchev–Trinajstić information content (AvgIpc) is 2.57. The molecule has 18 heavy (non-hydrogen) atoms. The van der Waals surface area contributed by atoms with E-state index >= 15 is 0 Å². The summed E-state index contributed by atoms with van der Waals surface area (Å²) in [5, 5.41) is 2.09. The van der Waals surface area contributed by atoms with Gasteiger partial charge in [0.2, 0.25) is 0 Å². The summed E-state index contributed by atoms with van der Waals surface area (Å²) in [7, 11) is 0. The smallest absolute Gasteiger partial charge is 0.288 e. The van der Waals surface area contributed by atoms with Crippen molar-refractivity contribution in [1.29, 1.82) is 0 Å². The molecule has 2 nitrogen and oxygen atoms in total. The van der Waals surface area contributed by atoms with E-state index in [0.717, 1.165) is 10.7 Å². The summed E-state index contributed by atoms with van der Waals surface area (Å²) in [6.45, 7) is 1.25. The molecule has 0 saturated heterocycles. The van der Waals surface area contributed by atoms with Gasteiger partial charge in [-0.1, -0.05) is 24.4 Å². The number of aromatic amines is 1. The van der Waals surface area contributed by atoms with Gasteiger partial charge in [0, 0.05) is 5.56 Å². The molecule has 0 aliphatic heterocycles. The summed E-state index contributed by atoms with van der Waals surface area (Å²) in [5.41, 5.74) is -1.13. The summed E-state index contributed by atoms with van der Waals surface area (Å²) in [5.74, 6) is -0.649. The molecule has 0 aliphatic rings. The molecular weight excluding hydrogens is 268 g/mol. The number of halogens is 4. The highest BCUT2D eigenvalue weighted by atomic mass is 32.1. The maximum atomic E-state index is 13.5. The van der Waals surface area contributed by atoms with E-state index in [4.69, 9.17) is 12.2 Å². The van der Waals surface area contributed by atoms with Crippen LogP contribution in [-0.4, -0.2) is 9.78 Å². The van der Waals surface area contributed by atoms with Gasteiger partial charge in [-0.15, -0.1) is 0 Å². The average molecular weight is 276 g/mol. The summed E-state index contributed by atoms with van der Waals surface area (Å²) in [6.07, 6.45) is -4.55. The Bertz CT molecular complexity index is 639. The Morgan fingerprint density at radius 3 is 2.33 bits per heavy atom. The Hall–Kier alpha value is -1.63. The third kappa shape index (κ3) is 2.05. The number of nitrogens with one attached hydrogen (secondary N) is 1.